The van der Waals surface area contributed by atoms with Gasteiger partial charge in [-0.2, -0.15) is 0 Å². The van der Waals surface area contributed by atoms with Gasteiger partial charge >= 0.3 is 6.03 Å². The van der Waals surface area contributed by atoms with Crippen LogP contribution in [-0.4, -0.2) is 33.9 Å². The van der Waals surface area contributed by atoms with E-state index in [9.17, 15) is 4.79 Å². The van der Waals surface area contributed by atoms with Crippen LogP contribution in [-0.2, 0) is 5.41 Å². The van der Waals surface area contributed by atoms with Crippen LogP contribution in [0.5, 0.6) is 17.2 Å². The maximum atomic E-state index is 12.3. The lowest BCUT2D eigenvalue weighted by Crippen LogP contribution is -2.39. The first kappa shape index (κ1) is 19.4. The number of rotatable bonds is 7. The van der Waals surface area contributed by atoms with Crippen molar-refractivity contribution in [3.8, 4) is 17.2 Å². The summed E-state index contributed by atoms with van der Waals surface area (Å²) in [5.41, 5.74) is 1.36. The highest BCUT2D eigenvalue weighted by atomic mass is 16.5. The number of benzene rings is 2. The fourth-order valence-electron chi connectivity index (χ4n) is 2.57. The van der Waals surface area contributed by atoms with Crippen LogP contribution in [0.15, 0.2) is 42.5 Å². The van der Waals surface area contributed by atoms with Crippen molar-refractivity contribution in [2.45, 2.75) is 19.3 Å². The fraction of sp³-hybridized carbons (Fsp3) is 0.350. The molecule has 0 heterocycles. The van der Waals surface area contributed by atoms with E-state index in [4.69, 9.17) is 14.2 Å². The average Bonchev–Trinajstić information content (AvgIpc) is 2.66. The lowest BCUT2D eigenvalue weighted by molar-refractivity contribution is 0.249. The van der Waals surface area contributed by atoms with Crippen LogP contribution in [0.25, 0.3) is 0 Å². The van der Waals surface area contributed by atoms with E-state index in [2.05, 4.69) is 24.5 Å². The first-order chi connectivity index (χ1) is 12.4. The molecule has 140 valence electrons. The number of carbonyl (C=O) groups is 1. The van der Waals surface area contributed by atoms with E-state index in [1.54, 1.807) is 33.5 Å². The minimum absolute atomic E-state index is 0.289. The third kappa shape index (κ3) is 4.59. The van der Waals surface area contributed by atoms with Gasteiger partial charge in [-0.05, 0) is 29.8 Å². The van der Waals surface area contributed by atoms with Gasteiger partial charge in [0.05, 0.1) is 27.0 Å². The summed E-state index contributed by atoms with van der Waals surface area (Å²) in [6.07, 6.45) is 0. The zero-order valence-electron chi connectivity index (χ0n) is 15.9. The molecule has 0 radical (unpaired) electrons. The molecule has 0 aliphatic heterocycles. The monoisotopic (exact) mass is 358 g/mol. The van der Waals surface area contributed by atoms with Gasteiger partial charge in [0.25, 0.3) is 0 Å². The summed E-state index contributed by atoms with van der Waals surface area (Å²) in [4.78, 5) is 12.3. The number of hydrogen-bond donors (Lipinski definition) is 2. The first-order valence-corrected chi connectivity index (χ1v) is 8.31. The zero-order valence-corrected chi connectivity index (χ0v) is 15.9. The molecule has 0 atom stereocenters. The number of para-hydroxylation sites is 2. The molecule has 2 aromatic rings. The Labute approximate surface area is 154 Å². The van der Waals surface area contributed by atoms with E-state index in [0.717, 1.165) is 5.56 Å². The first-order valence-electron chi connectivity index (χ1n) is 8.31. The van der Waals surface area contributed by atoms with Crippen molar-refractivity contribution < 1.29 is 19.0 Å². The van der Waals surface area contributed by atoms with E-state index in [-0.39, 0.29) is 11.4 Å². The summed E-state index contributed by atoms with van der Waals surface area (Å²) < 4.78 is 15.9. The third-order valence-corrected chi connectivity index (χ3v) is 4.21. The van der Waals surface area contributed by atoms with Crippen molar-refractivity contribution in [2.75, 3.05) is 33.2 Å². The van der Waals surface area contributed by atoms with Crippen LogP contribution >= 0.6 is 0 Å². The Morgan fingerprint density at radius 1 is 0.923 bits per heavy atom. The van der Waals surface area contributed by atoms with Crippen LogP contribution in [0.3, 0.4) is 0 Å². The van der Waals surface area contributed by atoms with Crippen molar-refractivity contribution in [1.29, 1.82) is 0 Å². The Balaban J connectivity index is 2.04. The number of hydrogen-bond acceptors (Lipinski definition) is 4. The summed E-state index contributed by atoms with van der Waals surface area (Å²) in [6.45, 7) is 4.55. The van der Waals surface area contributed by atoms with Crippen molar-refractivity contribution in [3.05, 3.63) is 48.0 Å². The molecule has 0 saturated carbocycles. The Hall–Kier alpha value is -2.89. The Morgan fingerprint density at radius 2 is 1.58 bits per heavy atom. The molecule has 2 amide bonds. The van der Waals surface area contributed by atoms with E-state index in [0.29, 0.717) is 29.5 Å². The standard InChI is InChI=1S/C20H26N2O4/c1-20(2,14-10-11-17(25-4)18(12-14)26-5)13-21-19(23)22-15-8-6-7-9-16(15)24-3/h6-12H,13H2,1-5H3,(H2,21,22,23). The zero-order chi connectivity index (χ0) is 19.2. The Bertz CT molecular complexity index is 759. The topological polar surface area (TPSA) is 68.8 Å². The smallest absolute Gasteiger partial charge is 0.319 e. The van der Waals surface area contributed by atoms with Crippen LogP contribution in [0.2, 0.25) is 0 Å². The van der Waals surface area contributed by atoms with Crippen LogP contribution in [0.4, 0.5) is 10.5 Å². The summed E-state index contributed by atoms with van der Waals surface area (Å²) in [5.74, 6) is 1.95. The summed E-state index contributed by atoms with van der Waals surface area (Å²) in [6, 6.07) is 12.8. The minimum atomic E-state index is -0.294. The molecule has 0 saturated heterocycles. The third-order valence-electron chi connectivity index (χ3n) is 4.21. The second-order valence-corrected chi connectivity index (χ2v) is 6.46. The second-order valence-electron chi connectivity index (χ2n) is 6.46. The Morgan fingerprint density at radius 3 is 2.23 bits per heavy atom. The number of methoxy groups -OCH3 is 3. The van der Waals surface area contributed by atoms with Crippen LogP contribution in [0.1, 0.15) is 19.4 Å². The van der Waals surface area contributed by atoms with Crippen molar-refractivity contribution in [2.24, 2.45) is 0 Å². The number of urea groups is 1. The summed E-state index contributed by atoms with van der Waals surface area (Å²) >= 11 is 0. The molecule has 0 bridgehead atoms. The molecule has 6 heteroatoms. The highest BCUT2D eigenvalue weighted by molar-refractivity contribution is 5.90. The lowest BCUT2D eigenvalue weighted by atomic mass is 9.84. The molecule has 0 spiro atoms. The molecule has 26 heavy (non-hydrogen) atoms. The van der Waals surface area contributed by atoms with Gasteiger partial charge in [-0.25, -0.2) is 4.79 Å². The summed E-state index contributed by atoms with van der Waals surface area (Å²) in [7, 11) is 4.78. The largest absolute Gasteiger partial charge is 0.495 e. The molecule has 0 unspecified atom stereocenters. The number of ether oxygens (including phenoxy) is 3. The maximum Gasteiger partial charge on any atom is 0.319 e. The van der Waals surface area contributed by atoms with Gasteiger partial charge in [0.2, 0.25) is 0 Å². The summed E-state index contributed by atoms with van der Waals surface area (Å²) in [5, 5.41) is 5.72. The Kier molecular flexibility index (Phi) is 6.33. The quantitative estimate of drug-likeness (QED) is 0.790. The molecule has 0 aromatic heterocycles. The van der Waals surface area contributed by atoms with Crippen LogP contribution < -0.4 is 24.8 Å². The fourth-order valence-corrected chi connectivity index (χ4v) is 2.57. The number of amides is 2. The van der Waals surface area contributed by atoms with Gasteiger partial charge in [0, 0.05) is 12.0 Å². The molecule has 0 fully saturated rings. The molecular formula is C20H26N2O4. The van der Waals surface area contributed by atoms with Crippen molar-refractivity contribution in [3.63, 3.8) is 0 Å². The molecule has 2 rings (SSSR count). The maximum absolute atomic E-state index is 12.3. The molecule has 0 aliphatic carbocycles. The predicted molar refractivity (Wildman–Crippen MR) is 103 cm³/mol. The van der Waals surface area contributed by atoms with Gasteiger partial charge in [0.15, 0.2) is 11.5 Å². The predicted octanol–water partition coefficient (Wildman–Crippen LogP) is 3.81. The normalized spacial score (nSPS) is 10.8. The van der Waals surface area contributed by atoms with E-state index in [1.165, 1.54) is 0 Å². The highest BCUT2D eigenvalue weighted by Gasteiger charge is 2.23. The number of nitrogens with one attached hydrogen (secondary N) is 2. The minimum Gasteiger partial charge on any atom is -0.495 e. The SMILES string of the molecule is COc1ccccc1NC(=O)NCC(C)(C)c1ccc(OC)c(OC)c1. The number of carbonyl (C=O) groups excluding carboxylic acids is 1. The van der Waals surface area contributed by atoms with E-state index in [1.807, 2.05) is 30.3 Å². The molecular weight excluding hydrogens is 332 g/mol. The average molecular weight is 358 g/mol. The molecule has 2 N–H and O–H groups in total. The van der Waals surface area contributed by atoms with E-state index >= 15 is 0 Å². The van der Waals surface area contributed by atoms with Gasteiger partial charge in [-0.3, -0.25) is 0 Å². The second kappa shape index (κ2) is 8.47. The highest BCUT2D eigenvalue weighted by Crippen LogP contribution is 2.33. The van der Waals surface area contributed by atoms with Crippen molar-refractivity contribution in [1.82, 2.24) is 5.32 Å². The number of anilines is 1. The molecule has 6 nitrogen and oxygen atoms in total. The van der Waals surface area contributed by atoms with Gasteiger partial charge in [0.1, 0.15) is 5.75 Å². The van der Waals surface area contributed by atoms with E-state index < -0.39 is 0 Å². The lowest BCUT2D eigenvalue weighted by Gasteiger charge is -2.26. The van der Waals surface area contributed by atoms with Gasteiger partial charge < -0.3 is 24.8 Å². The van der Waals surface area contributed by atoms with Gasteiger partial charge in [-0.15, -0.1) is 0 Å². The molecule has 0 aliphatic rings. The van der Waals surface area contributed by atoms with Crippen molar-refractivity contribution >= 4 is 11.7 Å². The molecule has 2 aromatic carbocycles. The van der Waals surface area contributed by atoms with Gasteiger partial charge in [-0.1, -0.05) is 32.0 Å². The van der Waals surface area contributed by atoms with Crippen LogP contribution in [0, 0.1) is 0 Å².